The first kappa shape index (κ1) is 21.1. The van der Waals surface area contributed by atoms with Gasteiger partial charge in [0.25, 0.3) is 0 Å². The highest BCUT2D eigenvalue weighted by molar-refractivity contribution is 6.44. The summed E-state index contributed by atoms with van der Waals surface area (Å²) in [6.45, 7) is 7.77. The monoisotopic (exact) mass is 366 g/mol. The second-order valence-electron chi connectivity index (χ2n) is 5.02. The van der Waals surface area contributed by atoms with E-state index in [0.29, 0.717) is 19.3 Å². The van der Waals surface area contributed by atoms with E-state index in [-0.39, 0.29) is 17.9 Å². The third-order valence-electron chi connectivity index (χ3n) is 3.86. The molecule has 0 aliphatic heterocycles. The summed E-state index contributed by atoms with van der Waals surface area (Å²) in [6, 6.07) is 0. The number of hydrogen-bond acceptors (Lipinski definition) is 2. The van der Waals surface area contributed by atoms with Gasteiger partial charge < -0.3 is 9.84 Å². The van der Waals surface area contributed by atoms with Crippen LogP contribution >= 0.6 is 46.4 Å². The van der Waals surface area contributed by atoms with Crippen molar-refractivity contribution < 1.29 is 9.84 Å². The quantitative estimate of drug-likeness (QED) is 0.405. The standard InChI is InChI=1S/C14H26Cl4O2/c1-5-9(12(15)16)11(7-3)20-14(19,8-4)10(6-2)13(17)18/h9-13,19H,5-8H2,1-4H3. The van der Waals surface area contributed by atoms with Crippen LogP contribution in [0.5, 0.6) is 0 Å². The lowest BCUT2D eigenvalue weighted by molar-refractivity contribution is -0.268. The van der Waals surface area contributed by atoms with Gasteiger partial charge in [-0.15, -0.1) is 46.4 Å². The average Bonchev–Trinajstić information content (AvgIpc) is 2.38. The highest BCUT2D eigenvalue weighted by Gasteiger charge is 2.42. The average molecular weight is 368 g/mol. The molecule has 0 spiro atoms. The van der Waals surface area contributed by atoms with Crippen LogP contribution in [0.25, 0.3) is 0 Å². The van der Waals surface area contributed by atoms with Crippen molar-refractivity contribution >= 4 is 46.4 Å². The second kappa shape index (κ2) is 9.97. The molecular formula is C14H26Cl4O2. The van der Waals surface area contributed by atoms with Crippen LogP contribution < -0.4 is 0 Å². The Hall–Kier alpha value is 1.08. The summed E-state index contributed by atoms with van der Waals surface area (Å²) in [4.78, 5) is -1.22. The Morgan fingerprint density at radius 2 is 1.45 bits per heavy atom. The van der Waals surface area contributed by atoms with Gasteiger partial charge in [0.05, 0.1) is 6.10 Å². The minimum Gasteiger partial charge on any atom is -0.365 e. The maximum atomic E-state index is 10.8. The Morgan fingerprint density at radius 3 is 1.70 bits per heavy atom. The molecule has 4 unspecified atom stereocenters. The van der Waals surface area contributed by atoms with Crippen LogP contribution in [0.2, 0.25) is 0 Å². The first-order valence-electron chi connectivity index (χ1n) is 7.23. The zero-order valence-electron chi connectivity index (χ0n) is 12.6. The topological polar surface area (TPSA) is 29.5 Å². The van der Waals surface area contributed by atoms with E-state index in [1.54, 1.807) is 0 Å². The minimum atomic E-state index is -1.36. The molecule has 2 nitrogen and oxygen atoms in total. The van der Waals surface area contributed by atoms with Crippen LogP contribution in [0.3, 0.4) is 0 Å². The molecule has 0 radical (unpaired) electrons. The Morgan fingerprint density at radius 1 is 0.900 bits per heavy atom. The molecule has 0 aromatic carbocycles. The van der Waals surface area contributed by atoms with E-state index < -0.39 is 15.5 Å². The van der Waals surface area contributed by atoms with Crippen LogP contribution in [-0.4, -0.2) is 26.7 Å². The van der Waals surface area contributed by atoms with Gasteiger partial charge in [0.2, 0.25) is 0 Å². The van der Waals surface area contributed by atoms with E-state index in [2.05, 4.69) is 0 Å². The predicted octanol–water partition coefficient (Wildman–Crippen LogP) is 5.54. The van der Waals surface area contributed by atoms with E-state index in [0.717, 1.165) is 6.42 Å². The summed E-state index contributed by atoms with van der Waals surface area (Å²) in [6.07, 6.45) is 2.29. The van der Waals surface area contributed by atoms with Crippen LogP contribution in [0.4, 0.5) is 0 Å². The van der Waals surface area contributed by atoms with Crippen molar-refractivity contribution in [2.45, 2.75) is 74.9 Å². The van der Waals surface area contributed by atoms with Gasteiger partial charge in [0.1, 0.15) is 9.67 Å². The van der Waals surface area contributed by atoms with Gasteiger partial charge in [0.15, 0.2) is 5.79 Å². The van der Waals surface area contributed by atoms with Gasteiger partial charge >= 0.3 is 0 Å². The maximum Gasteiger partial charge on any atom is 0.170 e. The molecule has 0 aliphatic carbocycles. The zero-order chi connectivity index (χ0) is 15.9. The van der Waals surface area contributed by atoms with Crippen LogP contribution in [0, 0.1) is 11.8 Å². The van der Waals surface area contributed by atoms with Crippen molar-refractivity contribution in [2.24, 2.45) is 11.8 Å². The number of alkyl halides is 4. The smallest absolute Gasteiger partial charge is 0.170 e. The lowest BCUT2D eigenvalue weighted by Gasteiger charge is -2.40. The second-order valence-corrected chi connectivity index (χ2v) is 7.35. The van der Waals surface area contributed by atoms with Crippen molar-refractivity contribution in [3.05, 3.63) is 0 Å². The normalized spacial score (nSPS) is 19.9. The van der Waals surface area contributed by atoms with Crippen LogP contribution in [-0.2, 0) is 4.74 Å². The maximum absolute atomic E-state index is 10.8. The molecule has 20 heavy (non-hydrogen) atoms. The van der Waals surface area contributed by atoms with Gasteiger partial charge in [0, 0.05) is 11.8 Å². The van der Waals surface area contributed by atoms with E-state index in [9.17, 15) is 5.11 Å². The van der Waals surface area contributed by atoms with E-state index >= 15 is 0 Å². The highest BCUT2D eigenvalue weighted by atomic mass is 35.5. The van der Waals surface area contributed by atoms with Gasteiger partial charge in [-0.05, 0) is 25.7 Å². The molecule has 1 N–H and O–H groups in total. The molecule has 122 valence electrons. The van der Waals surface area contributed by atoms with E-state index in [1.807, 2.05) is 27.7 Å². The van der Waals surface area contributed by atoms with Crippen molar-refractivity contribution in [2.75, 3.05) is 0 Å². The van der Waals surface area contributed by atoms with E-state index in [4.69, 9.17) is 51.1 Å². The van der Waals surface area contributed by atoms with Crippen molar-refractivity contribution in [1.82, 2.24) is 0 Å². The molecular weight excluding hydrogens is 342 g/mol. The third kappa shape index (κ3) is 5.70. The largest absolute Gasteiger partial charge is 0.365 e. The van der Waals surface area contributed by atoms with Crippen LogP contribution in [0.15, 0.2) is 0 Å². The van der Waals surface area contributed by atoms with Gasteiger partial charge in [-0.3, -0.25) is 0 Å². The number of rotatable bonds is 10. The SMILES string of the molecule is CCC(OC(O)(CC)C(CC)C(Cl)Cl)C(CC)C(Cl)Cl. The first-order valence-corrected chi connectivity index (χ1v) is 8.98. The highest BCUT2D eigenvalue weighted by Crippen LogP contribution is 2.37. The van der Waals surface area contributed by atoms with Crippen molar-refractivity contribution in [3.63, 3.8) is 0 Å². The number of ether oxygens (including phenoxy) is 1. The summed E-state index contributed by atoms with van der Waals surface area (Å²) in [7, 11) is 0. The summed E-state index contributed by atoms with van der Waals surface area (Å²) < 4.78 is 5.98. The molecule has 0 heterocycles. The summed E-state index contributed by atoms with van der Waals surface area (Å²) in [5, 5.41) is 10.8. The lowest BCUT2D eigenvalue weighted by Crippen LogP contribution is -2.47. The fraction of sp³-hybridized carbons (Fsp3) is 1.00. The van der Waals surface area contributed by atoms with Gasteiger partial charge in [-0.1, -0.05) is 27.7 Å². The molecule has 0 saturated heterocycles. The molecule has 0 aromatic rings. The molecule has 0 amide bonds. The molecule has 0 aromatic heterocycles. The third-order valence-corrected chi connectivity index (χ3v) is 5.12. The fourth-order valence-electron chi connectivity index (χ4n) is 2.47. The molecule has 0 fully saturated rings. The predicted molar refractivity (Wildman–Crippen MR) is 89.0 cm³/mol. The number of hydrogen-bond donors (Lipinski definition) is 1. The molecule has 0 rings (SSSR count). The summed E-state index contributed by atoms with van der Waals surface area (Å²) in [5.41, 5.74) is 0. The Balaban J connectivity index is 5.14. The number of aliphatic hydroxyl groups is 1. The fourth-order valence-corrected chi connectivity index (χ4v) is 3.90. The van der Waals surface area contributed by atoms with Gasteiger partial charge in [-0.25, -0.2) is 0 Å². The lowest BCUT2D eigenvalue weighted by atomic mass is 9.93. The summed E-state index contributed by atoms with van der Waals surface area (Å²) in [5.74, 6) is -1.76. The Bertz CT molecular complexity index is 264. The molecule has 0 saturated carbocycles. The van der Waals surface area contributed by atoms with E-state index in [1.165, 1.54) is 0 Å². The molecule has 6 heteroatoms. The van der Waals surface area contributed by atoms with Crippen LogP contribution in [0.1, 0.15) is 53.4 Å². The van der Waals surface area contributed by atoms with Crippen molar-refractivity contribution in [3.8, 4) is 0 Å². The Kier molecular flexibility index (Phi) is 10.5. The molecule has 0 aliphatic rings. The first-order chi connectivity index (χ1) is 9.27. The minimum absolute atomic E-state index is 0.0389. The summed E-state index contributed by atoms with van der Waals surface area (Å²) >= 11 is 24.0. The Labute approximate surface area is 143 Å². The number of halogens is 4. The molecule has 4 atom stereocenters. The molecule has 0 bridgehead atoms. The van der Waals surface area contributed by atoms with Gasteiger partial charge in [-0.2, -0.15) is 0 Å². The zero-order valence-corrected chi connectivity index (χ0v) is 15.6. The van der Waals surface area contributed by atoms with Crippen molar-refractivity contribution in [1.29, 1.82) is 0 Å².